The highest BCUT2D eigenvalue weighted by atomic mass is 32.2. The Morgan fingerprint density at radius 1 is 0.917 bits per heavy atom. The first-order valence-electron chi connectivity index (χ1n) is 8.10. The van der Waals surface area contributed by atoms with Crippen LogP contribution in [0.4, 0.5) is 0 Å². The minimum Gasteiger partial charge on any atom is -0.489 e. The Labute approximate surface area is 144 Å². The zero-order valence-electron chi connectivity index (χ0n) is 14.6. The van der Waals surface area contributed by atoms with Gasteiger partial charge in [-0.05, 0) is 51.0 Å². The van der Waals surface area contributed by atoms with Crippen molar-refractivity contribution < 1.29 is 13.2 Å². The van der Waals surface area contributed by atoms with Crippen LogP contribution in [0.5, 0.6) is 5.75 Å². The summed E-state index contributed by atoms with van der Waals surface area (Å²) in [5.41, 5.74) is 3.51. The molecule has 0 saturated heterocycles. The summed E-state index contributed by atoms with van der Waals surface area (Å²) in [6.45, 7) is 7.46. The van der Waals surface area contributed by atoms with Gasteiger partial charge in [0.05, 0.1) is 5.25 Å². The van der Waals surface area contributed by atoms with Crippen LogP contribution in [0, 0.1) is 6.92 Å². The minimum atomic E-state index is -3.26. The van der Waals surface area contributed by atoms with Gasteiger partial charge in [0.2, 0.25) is 10.0 Å². The van der Waals surface area contributed by atoms with Gasteiger partial charge < -0.3 is 4.74 Å². The molecule has 24 heavy (non-hydrogen) atoms. The maximum absolute atomic E-state index is 11.7. The largest absolute Gasteiger partial charge is 0.489 e. The summed E-state index contributed by atoms with van der Waals surface area (Å²) in [7, 11) is -3.26. The predicted molar refractivity (Wildman–Crippen MR) is 98.8 cm³/mol. The fourth-order valence-corrected chi connectivity index (χ4v) is 2.95. The van der Waals surface area contributed by atoms with E-state index in [-0.39, 0.29) is 12.6 Å². The molecule has 1 atom stereocenters. The van der Waals surface area contributed by atoms with Gasteiger partial charge >= 0.3 is 0 Å². The van der Waals surface area contributed by atoms with Gasteiger partial charge in [-0.1, -0.05) is 42.0 Å². The highest BCUT2D eigenvalue weighted by Crippen LogP contribution is 2.23. The van der Waals surface area contributed by atoms with E-state index in [2.05, 4.69) is 35.9 Å². The molecular weight excluding hydrogens is 322 g/mol. The lowest BCUT2D eigenvalue weighted by Crippen LogP contribution is -2.37. The van der Waals surface area contributed by atoms with Crippen molar-refractivity contribution in [3.63, 3.8) is 0 Å². The summed E-state index contributed by atoms with van der Waals surface area (Å²) in [5, 5.41) is -0.446. The SMILES string of the molecule is Cc1ccc(-c2ccc(OC(C)CNS(=O)(=O)C(C)C)cc2)cc1. The molecule has 0 amide bonds. The van der Waals surface area contributed by atoms with Gasteiger partial charge in [0.25, 0.3) is 0 Å². The highest BCUT2D eigenvalue weighted by molar-refractivity contribution is 7.90. The fraction of sp³-hybridized carbons (Fsp3) is 0.368. The molecule has 0 heterocycles. The summed E-state index contributed by atoms with van der Waals surface area (Å²) < 4.78 is 31.8. The zero-order valence-corrected chi connectivity index (χ0v) is 15.4. The Hall–Kier alpha value is -1.85. The van der Waals surface area contributed by atoms with Crippen LogP contribution in [0.15, 0.2) is 48.5 Å². The molecule has 0 fully saturated rings. The van der Waals surface area contributed by atoms with Gasteiger partial charge in [-0.3, -0.25) is 0 Å². The molecule has 0 bridgehead atoms. The first-order chi connectivity index (χ1) is 11.3. The summed E-state index contributed by atoms with van der Waals surface area (Å²) in [4.78, 5) is 0. The molecule has 0 saturated carbocycles. The molecule has 2 rings (SSSR count). The van der Waals surface area contributed by atoms with Crippen LogP contribution in [0.25, 0.3) is 11.1 Å². The number of hydrogen-bond donors (Lipinski definition) is 1. The molecule has 1 unspecified atom stereocenters. The molecule has 4 nitrogen and oxygen atoms in total. The monoisotopic (exact) mass is 347 g/mol. The van der Waals surface area contributed by atoms with Crippen LogP contribution in [-0.2, 0) is 10.0 Å². The van der Waals surface area contributed by atoms with Gasteiger partial charge in [-0.15, -0.1) is 0 Å². The van der Waals surface area contributed by atoms with Crippen molar-refractivity contribution in [2.24, 2.45) is 0 Å². The van der Waals surface area contributed by atoms with Gasteiger partial charge in [-0.2, -0.15) is 0 Å². The van der Waals surface area contributed by atoms with Crippen molar-refractivity contribution in [2.75, 3.05) is 6.54 Å². The number of ether oxygens (including phenoxy) is 1. The van der Waals surface area contributed by atoms with Crippen LogP contribution < -0.4 is 9.46 Å². The van der Waals surface area contributed by atoms with Crippen molar-refractivity contribution in [3.05, 3.63) is 54.1 Å². The normalized spacial score (nSPS) is 13.0. The molecule has 0 radical (unpaired) electrons. The maximum atomic E-state index is 11.7. The Morgan fingerprint density at radius 2 is 1.42 bits per heavy atom. The first kappa shape index (κ1) is 18.5. The topological polar surface area (TPSA) is 55.4 Å². The Morgan fingerprint density at radius 3 is 1.92 bits per heavy atom. The molecule has 1 N–H and O–H groups in total. The second kappa shape index (κ2) is 7.81. The van der Waals surface area contributed by atoms with Crippen LogP contribution in [-0.4, -0.2) is 26.3 Å². The molecule has 5 heteroatoms. The second-order valence-electron chi connectivity index (χ2n) is 6.26. The van der Waals surface area contributed by atoms with Crippen LogP contribution in [0.2, 0.25) is 0 Å². The van der Waals surface area contributed by atoms with E-state index in [1.165, 1.54) is 5.56 Å². The predicted octanol–water partition coefficient (Wildman–Crippen LogP) is 3.76. The average Bonchev–Trinajstić information content (AvgIpc) is 2.54. The lowest BCUT2D eigenvalue weighted by atomic mass is 10.0. The van der Waals surface area contributed by atoms with E-state index in [0.29, 0.717) is 0 Å². The summed E-state index contributed by atoms with van der Waals surface area (Å²) in [6, 6.07) is 16.2. The van der Waals surface area contributed by atoms with Crippen molar-refractivity contribution in [2.45, 2.75) is 39.0 Å². The van der Waals surface area contributed by atoms with E-state index in [1.54, 1.807) is 13.8 Å². The van der Waals surface area contributed by atoms with Crippen molar-refractivity contribution in [3.8, 4) is 16.9 Å². The molecular formula is C19H25NO3S. The standard InChI is InChI=1S/C19H25NO3S/c1-14(2)24(21,22)20-13-16(4)23-19-11-9-18(10-12-19)17-7-5-15(3)6-8-17/h5-12,14,16,20H,13H2,1-4H3. The number of nitrogens with one attached hydrogen (secondary N) is 1. The lowest BCUT2D eigenvalue weighted by Gasteiger charge is -2.17. The molecule has 2 aromatic carbocycles. The van der Waals surface area contributed by atoms with Crippen LogP contribution in [0.1, 0.15) is 26.3 Å². The molecule has 0 aromatic heterocycles. The number of benzene rings is 2. The van der Waals surface area contributed by atoms with E-state index < -0.39 is 15.3 Å². The summed E-state index contributed by atoms with van der Waals surface area (Å²) in [5.74, 6) is 0.724. The Bertz CT molecular complexity index is 750. The van der Waals surface area contributed by atoms with Gasteiger partial charge in [0.1, 0.15) is 11.9 Å². The quantitative estimate of drug-likeness (QED) is 0.830. The third kappa shape index (κ3) is 5.08. The Balaban J connectivity index is 1.95. The van der Waals surface area contributed by atoms with Crippen molar-refractivity contribution >= 4 is 10.0 Å². The van der Waals surface area contributed by atoms with Crippen molar-refractivity contribution in [1.29, 1.82) is 0 Å². The number of sulfonamides is 1. The van der Waals surface area contributed by atoms with Crippen LogP contribution in [0.3, 0.4) is 0 Å². The lowest BCUT2D eigenvalue weighted by molar-refractivity contribution is 0.225. The van der Waals surface area contributed by atoms with Gasteiger partial charge in [0.15, 0.2) is 0 Å². The van der Waals surface area contributed by atoms with Gasteiger partial charge in [0, 0.05) is 6.54 Å². The molecule has 130 valence electrons. The number of aryl methyl sites for hydroxylation is 1. The first-order valence-corrected chi connectivity index (χ1v) is 9.65. The number of rotatable bonds is 7. The van der Waals surface area contributed by atoms with Crippen molar-refractivity contribution in [1.82, 2.24) is 4.72 Å². The maximum Gasteiger partial charge on any atom is 0.214 e. The smallest absolute Gasteiger partial charge is 0.214 e. The van der Waals surface area contributed by atoms with E-state index >= 15 is 0 Å². The highest BCUT2D eigenvalue weighted by Gasteiger charge is 2.16. The number of hydrogen-bond acceptors (Lipinski definition) is 3. The third-order valence-electron chi connectivity index (χ3n) is 3.77. The summed E-state index contributed by atoms with van der Waals surface area (Å²) >= 11 is 0. The van der Waals surface area contributed by atoms with E-state index in [4.69, 9.17) is 4.74 Å². The third-order valence-corrected chi connectivity index (χ3v) is 5.58. The average molecular weight is 347 g/mol. The molecule has 0 aliphatic rings. The van der Waals surface area contributed by atoms with E-state index in [1.807, 2.05) is 31.2 Å². The molecule has 2 aromatic rings. The summed E-state index contributed by atoms with van der Waals surface area (Å²) in [6.07, 6.45) is -0.247. The van der Waals surface area contributed by atoms with E-state index in [9.17, 15) is 8.42 Å². The van der Waals surface area contributed by atoms with E-state index in [0.717, 1.165) is 16.9 Å². The van der Waals surface area contributed by atoms with Gasteiger partial charge in [-0.25, -0.2) is 13.1 Å². The minimum absolute atomic E-state index is 0.247. The second-order valence-corrected chi connectivity index (χ2v) is 8.58. The molecule has 0 aliphatic carbocycles. The fourth-order valence-electron chi connectivity index (χ4n) is 2.15. The molecule has 0 aliphatic heterocycles. The van der Waals surface area contributed by atoms with Crippen LogP contribution >= 0.6 is 0 Å². The zero-order chi connectivity index (χ0) is 17.7. The Kier molecular flexibility index (Phi) is 6.02. The molecule has 0 spiro atoms.